The van der Waals surface area contributed by atoms with Crippen molar-refractivity contribution in [2.75, 3.05) is 6.54 Å². The van der Waals surface area contributed by atoms with Crippen LogP contribution in [-0.2, 0) is 19.2 Å². The lowest BCUT2D eigenvalue weighted by Crippen LogP contribution is -2.59. The third-order valence-corrected chi connectivity index (χ3v) is 4.85. The zero-order valence-electron chi connectivity index (χ0n) is 14.8. The van der Waals surface area contributed by atoms with Gasteiger partial charge in [0.2, 0.25) is 23.6 Å². The monoisotopic (exact) mass is 352 g/mol. The van der Waals surface area contributed by atoms with E-state index in [0.29, 0.717) is 45.1 Å². The first-order valence-electron chi connectivity index (χ1n) is 9.13. The molecule has 0 spiro atoms. The molecule has 2 heterocycles. The molecule has 0 aromatic heterocycles. The van der Waals surface area contributed by atoms with Crippen LogP contribution in [0, 0.1) is 0 Å². The molecule has 2 aliphatic rings. The van der Waals surface area contributed by atoms with Gasteiger partial charge in [0.1, 0.15) is 18.1 Å². The Kier molecular flexibility index (Phi) is 6.78. The van der Waals surface area contributed by atoms with E-state index in [1.54, 1.807) is 0 Å². The summed E-state index contributed by atoms with van der Waals surface area (Å²) < 4.78 is 0. The van der Waals surface area contributed by atoms with E-state index in [4.69, 9.17) is 5.73 Å². The number of primary amides is 1. The molecule has 25 heavy (non-hydrogen) atoms. The molecule has 4 amide bonds. The summed E-state index contributed by atoms with van der Waals surface area (Å²) in [5.41, 5.74) is 5.44. The SMILES string of the molecule is CCC[C@H](NC(=O)[C@@H]1CCCC(=O)N1)C(=O)N1CCCC[C@H]1C(N)=O. The molecule has 0 bridgehead atoms. The standard InChI is InChI=1S/C17H28N4O4/c1-2-6-12(20-16(24)11-7-5-9-14(22)19-11)17(25)21-10-4-3-8-13(21)15(18)23/h11-13H,2-10H2,1H3,(H2,18,23)(H,19,22)(H,20,24)/t11-,12-,13-/m0/s1. The molecular weight excluding hydrogens is 324 g/mol. The molecular formula is C17H28N4O4. The summed E-state index contributed by atoms with van der Waals surface area (Å²) in [4.78, 5) is 50.0. The van der Waals surface area contributed by atoms with Crippen LogP contribution in [0.2, 0.25) is 0 Å². The zero-order valence-corrected chi connectivity index (χ0v) is 14.8. The Labute approximate surface area is 147 Å². The highest BCUT2D eigenvalue weighted by molar-refractivity contribution is 5.94. The quantitative estimate of drug-likeness (QED) is 0.613. The van der Waals surface area contributed by atoms with Crippen molar-refractivity contribution in [1.29, 1.82) is 0 Å². The van der Waals surface area contributed by atoms with Gasteiger partial charge < -0.3 is 21.3 Å². The van der Waals surface area contributed by atoms with Crippen molar-refractivity contribution >= 4 is 23.6 Å². The average molecular weight is 352 g/mol. The van der Waals surface area contributed by atoms with Crippen LogP contribution < -0.4 is 16.4 Å². The molecule has 2 aliphatic heterocycles. The first-order valence-corrected chi connectivity index (χ1v) is 9.13. The van der Waals surface area contributed by atoms with Crippen LogP contribution in [0.5, 0.6) is 0 Å². The van der Waals surface area contributed by atoms with E-state index in [2.05, 4.69) is 10.6 Å². The van der Waals surface area contributed by atoms with Gasteiger partial charge in [-0.3, -0.25) is 19.2 Å². The van der Waals surface area contributed by atoms with Crippen LogP contribution >= 0.6 is 0 Å². The van der Waals surface area contributed by atoms with Crippen molar-refractivity contribution < 1.29 is 19.2 Å². The average Bonchev–Trinajstić information content (AvgIpc) is 2.60. The molecule has 140 valence electrons. The first-order chi connectivity index (χ1) is 11.9. The third kappa shape index (κ3) is 4.93. The van der Waals surface area contributed by atoms with Gasteiger partial charge in [-0.25, -0.2) is 0 Å². The Morgan fingerprint density at radius 3 is 2.68 bits per heavy atom. The number of carbonyl (C=O) groups is 4. The van der Waals surface area contributed by atoms with E-state index in [0.717, 1.165) is 12.8 Å². The summed E-state index contributed by atoms with van der Waals surface area (Å²) in [5.74, 6) is -1.25. The molecule has 2 rings (SSSR count). The number of nitrogens with zero attached hydrogens (tertiary/aromatic N) is 1. The van der Waals surface area contributed by atoms with E-state index < -0.39 is 24.0 Å². The molecule has 0 saturated carbocycles. The van der Waals surface area contributed by atoms with Crippen molar-refractivity contribution in [3.63, 3.8) is 0 Å². The number of rotatable bonds is 6. The van der Waals surface area contributed by atoms with Crippen molar-refractivity contribution in [2.45, 2.75) is 76.4 Å². The topological polar surface area (TPSA) is 122 Å². The predicted molar refractivity (Wildman–Crippen MR) is 91.2 cm³/mol. The Balaban J connectivity index is 2.05. The molecule has 4 N–H and O–H groups in total. The molecule has 8 nitrogen and oxygen atoms in total. The maximum absolute atomic E-state index is 12.9. The number of hydrogen-bond donors (Lipinski definition) is 3. The van der Waals surface area contributed by atoms with Gasteiger partial charge in [-0.2, -0.15) is 0 Å². The highest BCUT2D eigenvalue weighted by Gasteiger charge is 2.36. The minimum absolute atomic E-state index is 0.144. The van der Waals surface area contributed by atoms with Gasteiger partial charge in [-0.05, 0) is 38.5 Å². The van der Waals surface area contributed by atoms with Gasteiger partial charge in [0, 0.05) is 13.0 Å². The van der Waals surface area contributed by atoms with Crippen molar-refractivity contribution in [3.05, 3.63) is 0 Å². The number of nitrogens with one attached hydrogen (secondary N) is 2. The summed E-state index contributed by atoms with van der Waals surface area (Å²) in [6.45, 7) is 2.40. The number of likely N-dealkylation sites (tertiary alicyclic amines) is 1. The predicted octanol–water partition coefficient (Wildman–Crippen LogP) is -0.194. The second-order valence-electron chi connectivity index (χ2n) is 6.81. The van der Waals surface area contributed by atoms with E-state index in [9.17, 15) is 19.2 Å². The van der Waals surface area contributed by atoms with Crippen molar-refractivity contribution in [3.8, 4) is 0 Å². The Morgan fingerprint density at radius 1 is 1.28 bits per heavy atom. The van der Waals surface area contributed by atoms with Gasteiger partial charge in [0.05, 0.1) is 0 Å². The lowest BCUT2D eigenvalue weighted by Gasteiger charge is -2.36. The fraction of sp³-hybridized carbons (Fsp3) is 0.765. The minimum Gasteiger partial charge on any atom is -0.368 e. The summed E-state index contributed by atoms with van der Waals surface area (Å²) in [6.07, 6.45) is 5.08. The summed E-state index contributed by atoms with van der Waals surface area (Å²) >= 11 is 0. The Morgan fingerprint density at radius 2 is 2.04 bits per heavy atom. The second kappa shape index (κ2) is 8.82. The number of nitrogens with two attached hydrogens (primary N) is 1. The molecule has 2 saturated heterocycles. The van der Waals surface area contributed by atoms with Crippen LogP contribution in [0.25, 0.3) is 0 Å². The van der Waals surface area contributed by atoms with E-state index in [1.807, 2.05) is 6.92 Å². The fourth-order valence-electron chi connectivity index (χ4n) is 3.51. The van der Waals surface area contributed by atoms with Gasteiger partial charge in [-0.15, -0.1) is 0 Å². The Bertz CT molecular complexity index is 537. The van der Waals surface area contributed by atoms with E-state index in [-0.39, 0.29) is 17.7 Å². The van der Waals surface area contributed by atoms with Crippen molar-refractivity contribution in [1.82, 2.24) is 15.5 Å². The smallest absolute Gasteiger partial charge is 0.245 e. The molecule has 0 aromatic rings. The molecule has 0 aromatic carbocycles. The highest BCUT2D eigenvalue weighted by Crippen LogP contribution is 2.19. The molecule has 2 fully saturated rings. The van der Waals surface area contributed by atoms with Crippen molar-refractivity contribution in [2.24, 2.45) is 5.73 Å². The van der Waals surface area contributed by atoms with Crippen LogP contribution in [0.4, 0.5) is 0 Å². The molecule has 0 unspecified atom stereocenters. The van der Waals surface area contributed by atoms with Gasteiger partial charge in [0.15, 0.2) is 0 Å². The Hall–Kier alpha value is -2.12. The zero-order chi connectivity index (χ0) is 18.4. The number of amides is 4. The van der Waals surface area contributed by atoms with Crippen LogP contribution in [-0.4, -0.2) is 53.2 Å². The van der Waals surface area contributed by atoms with Gasteiger partial charge in [0.25, 0.3) is 0 Å². The molecule has 3 atom stereocenters. The van der Waals surface area contributed by atoms with Crippen LogP contribution in [0.1, 0.15) is 58.3 Å². The lowest BCUT2D eigenvalue weighted by atomic mass is 9.99. The molecule has 0 aliphatic carbocycles. The maximum atomic E-state index is 12.9. The minimum atomic E-state index is -0.698. The van der Waals surface area contributed by atoms with Crippen LogP contribution in [0.15, 0.2) is 0 Å². The maximum Gasteiger partial charge on any atom is 0.245 e. The first kappa shape index (κ1) is 19.2. The summed E-state index contributed by atoms with van der Waals surface area (Å²) in [6, 6.07) is -1.90. The highest BCUT2D eigenvalue weighted by atomic mass is 16.2. The lowest BCUT2D eigenvalue weighted by molar-refractivity contribution is -0.144. The normalized spacial score (nSPS) is 25.0. The number of piperidine rings is 2. The fourth-order valence-corrected chi connectivity index (χ4v) is 3.51. The number of carbonyl (C=O) groups excluding carboxylic acids is 4. The second-order valence-corrected chi connectivity index (χ2v) is 6.81. The molecule has 0 radical (unpaired) electrons. The summed E-state index contributed by atoms with van der Waals surface area (Å²) in [5, 5.41) is 5.43. The largest absolute Gasteiger partial charge is 0.368 e. The van der Waals surface area contributed by atoms with Crippen LogP contribution in [0.3, 0.4) is 0 Å². The van der Waals surface area contributed by atoms with E-state index >= 15 is 0 Å². The van der Waals surface area contributed by atoms with Gasteiger partial charge >= 0.3 is 0 Å². The summed E-state index contributed by atoms with van der Waals surface area (Å²) in [7, 11) is 0. The third-order valence-electron chi connectivity index (χ3n) is 4.85. The molecule has 8 heteroatoms. The van der Waals surface area contributed by atoms with Gasteiger partial charge in [-0.1, -0.05) is 13.3 Å². The number of hydrogen-bond acceptors (Lipinski definition) is 4. The van der Waals surface area contributed by atoms with E-state index in [1.165, 1.54) is 4.90 Å².